The second kappa shape index (κ2) is 9.09. The molecule has 0 radical (unpaired) electrons. The number of hydrogen-bond donors (Lipinski definition) is 3. The number of hydrogen-bond acceptors (Lipinski definition) is 4. The molecule has 0 aliphatic heterocycles. The van der Waals surface area contributed by atoms with Crippen molar-refractivity contribution < 1.29 is 20.1 Å². The summed E-state index contributed by atoms with van der Waals surface area (Å²) in [6.07, 6.45) is 5.89. The van der Waals surface area contributed by atoms with Gasteiger partial charge < -0.3 is 15.3 Å². The highest BCUT2D eigenvalue weighted by Gasteiger charge is 2.24. The van der Waals surface area contributed by atoms with E-state index in [-0.39, 0.29) is 31.1 Å². The zero-order chi connectivity index (χ0) is 15.0. The van der Waals surface area contributed by atoms with Crippen LogP contribution < -0.4 is 0 Å². The first kappa shape index (κ1) is 17.1. The normalized spacial score (nSPS) is 19.8. The number of carbonyl (C=O) groups excluding carboxylic acids is 1. The van der Waals surface area contributed by atoms with Gasteiger partial charge in [0, 0.05) is 19.4 Å². The lowest BCUT2D eigenvalue weighted by Gasteiger charge is -2.23. The van der Waals surface area contributed by atoms with E-state index in [0.717, 1.165) is 19.3 Å². The van der Waals surface area contributed by atoms with E-state index in [9.17, 15) is 15.0 Å². The van der Waals surface area contributed by atoms with Crippen molar-refractivity contribution in [1.82, 2.24) is 0 Å². The van der Waals surface area contributed by atoms with Gasteiger partial charge in [-0.3, -0.25) is 4.79 Å². The molecule has 1 unspecified atom stereocenters. The zero-order valence-corrected chi connectivity index (χ0v) is 12.2. The fourth-order valence-corrected chi connectivity index (χ4v) is 2.51. The number of rotatable bonds is 9. The molecule has 0 spiro atoms. The highest BCUT2D eigenvalue weighted by molar-refractivity contribution is 5.78. The summed E-state index contributed by atoms with van der Waals surface area (Å²) in [5, 5.41) is 28.2. The first-order valence-electron chi connectivity index (χ1n) is 7.42. The van der Waals surface area contributed by atoms with Crippen LogP contribution in [0.4, 0.5) is 0 Å². The van der Waals surface area contributed by atoms with Gasteiger partial charge in [-0.05, 0) is 49.7 Å². The van der Waals surface area contributed by atoms with Crippen LogP contribution in [0.25, 0.3) is 0 Å². The van der Waals surface area contributed by atoms with Gasteiger partial charge in [-0.2, -0.15) is 0 Å². The highest BCUT2D eigenvalue weighted by Crippen LogP contribution is 2.21. The van der Waals surface area contributed by atoms with Crippen LogP contribution in [-0.4, -0.2) is 39.9 Å². The molecule has 0 saturated carbocycles. The molecule has 1 rings (SSSR count). The molecule has 0 aromatic rings. The molecule has 3 atom stereocenters. The molecular formula is C16H26O4. The molecule has 1 aliphatic rings. The molecule has 1 aliphatic carbocycles. The van der Waals surface area contributed by atoms with Crippen molar-refractivity contribution >= 4 is 5.78 Å². The average Bonchev–Trinajstić information content (AvgIpc) is 2.45. The quantitative estimate of drug-likeness (QED) is 0.561. The Morgan fingerprint density at radius 2 is 2.00 bits per heavy atom. The van der Waals surface area contributed by atoms with Crippen LogP contribution in [-0.2, 0) is 4.79 Å². The molecule has 3 N–H and O–H groups in total. The molecule has 0 amide bonds. The third-order valence-corrected chi connectivity index (χ3v) is 3.92. The fraction of sp³-hybridized carbons (Fsp3) is 0.750. The van der Waals surface area contributed by atoms with E-state index in [0.29, 0.717) is 12.3 Å². The first-order valence-corrected chi connectivity index (χ1v) is 7.42. The van der Waals surface area contributed by atoms with Crippen molar-refractivity contribution in [1.29, 1.82) is 0 Å². The Morgan fingerprint density at radius 3 is 2.60 bits per heavy atom. The maximum atomic E-state index is 11.9. The molecule has 0 bridgehead atoms. The smallest absolute Gasteiger partial charge is 0.133 e. The van der Waals surface area contributed by atoms with Gasteiger partial charge in [0.2, 0.25) is 0 Å². The van der Waals surface area contributed by atoms with E-state index < -0.39 is 12.2 Å². The molecule has 20 heavy (non-hydrogen) atoms. The minimum atomic E-state index is -0.962. The molecule has 0 aromatic heterocycles. The maximum absolute atomic E-state index is 11.9. The van der Waals surface area contributed by atoms with Crippen LogP contribution >= 0.6 is 0 Å². The van der Waals surface area contributed by atoms with Crippen molar-refractivity contribution in [3.63, 3.8) is 0 Å². The second-order valence-electron chi connectivity index (χ2n) is 5.74. The predicted octanol–water partition coefficient (Wildman–Crippen LogP) is 1.59. The number of carbonyl (C=O) groups is 1. The van der Waals surface area contributed by atoms with E-state index in [1.54, 1.807) is 6.92 Å². The summed E-state index contributed by atoms with van der Waals surface area (Å²) >= 11 is 0. The summed E-state index contributed by atoms with van der Waals surface area (Å²) in [4.78, 5) is 11.9. The molecular weight excluding hydrogens is 256 g/mol. The Hall–Kier alpha value is -0.930. The lowest BCUT2D eigenvalue weighted by molar-refractivity contribution is -0.122. The largest absolute Gasteiger partial charge is 0.396 e. The Morgan fingerprint density at radius 1 is 1.35 bits per heavy atom. The molecule has 0 fully saturated rings. The van der Waals surface area contributed by atoms with Gasteiger partial charge >= 0.3 is 0 Å². The number of aliphatic hydroxyl groups excluding tert-OH is 3. The minimum absolute atomic E-state index is 0.131. The maximum Gasteiger partial charge on any atom is 0.133 e. The Balaban J connectivity index is 2.25. The van der Waals surface area contributed by atoms with Crippen LogP contribution in [0.15, 0.2) is 17.9 Å². The van der Waals surface area contributed by atoms with Crippen LogP contribution in [0, 0.1) is 11.8 Å². The summed E-state index contributed by atoms with van der Waals surface area (Å²) in [6.45, 7) is 1.59. The third-order valence-electron chi connectivity index (χ3n) is 3.92. The van der Waals surface area contributed by atoms with E-state index in [4.69, 9.17) is 5.11 Å². The van der Waals surface area contributed by atoms with Crippen molar-refractivity contribution in [3.05, 3.63) is 17.9 Å². The standard InChI is InChI=1S/C16H26O4/c1-12(16(20)15(19)9-10-17)11-14(18)8-7-13-5-3-2-4-6-13/h3-4,12-13,15-17,19-20H,5-11H2,1H3/t12?,15-,16-/m0/s1. The summed E-state index contributed by atoms with van der Waals surface area (Å²) in [5.74, 6) is 0.377. The van der Waals surface area contributed by atoms with Crippen molar-refractivity contribution in [2.75, 3.05) is 6.61 Å². The molecule has 0 heterocycles. The molecule has 0 saturated heterocycles. The lowest BCUT2D eigenvalue weighted by Crippen LogP contribution is -2.34. The molecule has 4 heteroatoms. The monoisotopic (exact) mass is 282 g/mol. The van der Waals surface area contributed by atoms with E-state index in [1.165, 1.54) is 0 Å². The zero-order valence-electron chi connectivity index (χ0n) is 12.2. The second-order valence-corrected chi connectivity index (χ2v) is 5.74. The first-order chi connectivity index (χ1) is 9.54. The number of ketones is 1. The highest BCUT2D eigenvalue weighted by atomic mass is 16.3. The van der Waals surface area contributed by atoms with Crippen LogP contribution in [0.2, 0.25) is 0 Å². The van der Waals surface area contributed by atoms with E-state index >= 15 is 0 Å². The van der Waals surface area contributed by atoms with Gasteiger partial charge in [-0.1, -0.05) is 6.92 Å². The van der Waals surface area contributed by atoms with Gasteiger partial charge in [-0.15, -0.1) is 5.73 Å². The van der Waals surface area contributed by atoms with E-state index in [1.807, 2.05) is 12.2 Å². The molecule has 114 valence electrons. The van der Waals surface area contributed by atoms with Crippen LogP contribution in [0.5, 0.6) is 0 Å². The van der Waals surface area contributed by atoms with Crippen LogP contribution in [0.3, 0.4) is 0 Å². The lowest BCUT2D eigenvalue weighted by atomic mass is 9.88. The Kier molecular flexibility index (Phi) is 7.78. The van der Waals surface area contributed by atoms with Crippen molar-refractivity contribution in [2.45, 2.75) is 57.7 Å². The van der Waals surface area contributed by atoms with Crippen LogP contribution in [0.1, 0.15) is 45.4 Å². The van der Waals surface area contributed by atoms with Gasteiger partial charge in [0.15, 0.2) is 0 Å². The van der Waals surface area contributed by atoms with E-state index in [2.05, 4.69) is 5.73 Å². The Labute approximate surface area is 120 Å². The summed E-state index contributed by atoms with van der Waals surface area (Å²) in [7, 11) is 0. The van der Waals surface area contributed by atoms with Gasteiger partial charge in [0.1, 0.15) is 5.78 Å². The summed E-state index contributed by atoms with van der Waals surface area (Å²) in [6, 6.07) is 0. The summed E-state index contributed by atoms with van der Waals surface area (Å²) in [5.41, 5.74) is 3.06. The Bertz CT molecular complexity index is 347. The molecule has 0 aromatic carbocycles. The average molecular weight is 282 g/mol. The number of Topliss-reactive ketones (excluding diaryl/α,β-unsaturated/α-hetero) is 1. The predicted molar refractivity (Wildman–Crippen MR) is 77.1 cm³/mol. The number of allylic oxidation sites excluding steroid dienone is 1. The van der Waals surface area contributed by atoms with Gasteiger partial charge in [0.25, 0.3) is 0 Å². The van der Waals surface area contributed by atoms with Gasteiger partial charge in [-0.25, -0.2) is 0 Å². The van der Waals surface area contributed by atoms with Crippen molar-refractivity contribution in [2.24, 2.45) is 11.8 Å². The molecule has 4 nitrogen and oxygen atoms in total. The number of aliphatic hydroxyl groups is 3. The third kappa shape index (κ3) is 6.02. The van der Waals surface area contributed by atoms with Gasteiger partial charge in [0.05, 0.1) is 12.2 Å². The topological polar surface area (TPSA) is 77.8 Å². The summed E-state index contributed by atoms with van der Waals surface area (Å²) < 4.78 is 0. The SMILES string of the molecule is CC(CC(=O)CCC1CC=C=CC1)[C@H](O)[C@@H](O)CCO. The fourth-order valence-electron chi connectivity index (χ4n) is 2.51. The minimum Gasteiger partial charge on any atom is -0.396 e. The van der Waals surface area contributed by atoms with Crippen molar-refractivity contribution in [3.8, 4) is 0 Å².